The number of hydrogen-bond donors (Lipinski definition) is 3. The van der Waals surface area contributed by atoms with E-state index in [4.69, 9.17) is 16.6 Å². The molecule has 0 aliphatic carbocycles. The number of likely N-dealkylation sites (N-methyl/N-ethyl adjacent to an activating group) is 1. The highest BCUT2D eigenvalue weighted by Gasteiger charge is 2.34. The Bertz CT molecular complexity index is 1870. The van der Waals surface area contributed by atoms with Crippen molar-refractivity contribution >= 4 is 41.0 Å². The summed E-state index contributed by atoms with van der Waals surface area (Å²) in [5.41, 5.74) is 0.747. The van der Waals surface area contributed by atoms with Gasteiger partial charge in [0.25, 0.3) is 5.91 Å². The molecule has 3 aromatic carbocycles. The van der Waals surface area contributed by atoms with Gasteiger partial charge in [0.15, 0.2) is 0 Å². The summed E-state index contributed by atoms with van der Waals surface area (Å²) in [4.78, 5) is 23.6. The van der Waals surface area contributed by atoms with E-state index in [0.717, 1.165) is 6.07 Å². The molecule has 0 atom stereocenters. The average molecular weight is 577 g/mol. The van der Waals surface area contributed by atoms with Gasteiger partial charge in [-0.15, -0.1) is 0 Å². The number of rotatable bonds is 5. The number of halogens is 4. The van der Waals surface area contributed by atoms with Crippen molar-refractivity contribution in [2.24, 2.45) is 0 Å². The first kappa shape index (κ1) is 26.8. The molecule has 0 unspecified atom stereocenters. The lowest BCUT2D eigenvalue weighted by atomic mass is 10.0. The molecule has 41 heavy (non-hydrogen) atoms. The second kappa shape index (κ2) is 10.5. The van der Waals surface area contributed by atoms with Gasteiger partial charge in [-0.2, -0.15) is 13.2 Å². The Morgan fingerprint density at radius 1 is 1.05 bits per heavy atom. The summed E-state index contributed by atoms with van der Waals surface area (Å²) >= 11 is 6.31. The number of hydrogen-bond acceptors (Lipinski definition) is 6. The van der Waals surface area contributed by atoms with Crippen molar-refractivity contribution in [3.63, 3.8) is 0 Å². The third kappa shape index (κ3) is 5.23. The van der Waals surface area contributed by atoms with Gasteiger partial charge in [0.05, 0.1) is 16.6 Å². The van der Waals surface area contributed by atoms with Crippen LogP contribution in [0, 0.1) is 10.6 Å². The van der Waals surface area contributed by atoms with Gasteiger partial charge in [-0.05, 0) is 49.5 Å². The first-order valence-electron chi connectivity index (χ1n) is 12.9. The van der Waals surface area contributed by atoms with E-state index in [9.17, 15) is 18.0 Å². The van der Waals surface area contributed by atoms with Crippen molar-refractivity contribution in [2.75, 3.05) is 25.5 Å². The minimum atomic E-state index is -4.55. The van der Waals surface area contributed by atoms with E-state index in [1.54, 1.807) is 65.8 Å². The Morgan fingerprint density at radius 3 is 2.54 bits per heavy atom. The number of carbonyl (C=O) groups is 1. The van der Waals surface area contributed by atoms with Gasteiger partial charge in [0.1, 0.15) is 0 Å². The number of nitrogens with zero attached hydrogens (tertiary/aromatic N) is 3. The second-order valence-corrected chi connectivity index (χ2v) is 10.2. The highest BCUT2D eigenvalue weighted by atomic mass is 35.5. The topological polar surface area (TPSA) is 82.2 Å². The van der Waals surface area contributed by atoms with Crippen LogP contribution >= 0.6 is 11.6 Å². The molecular weight excluding hydrogens is 553 g/mol. The molecule has 7 nitrogen and oxygen atoms in total. The van der Waals surface area contributed by atoms with Crippen LogP contribution in [0.3, 0.4) is 0 Å². The summed E-state index contributed by atoms with van der Waals surface area (Å²) in [6.45, 7) is 1.36. The van der Waals surface area contributed by atoms with Crippen molar-refractivity contribution in [3.05, 3.63) is 116 Å². The Kier molecular flexibility index (Phi) is 6.88. The number of anilines is 2. The maximum atomic E-state index is 13.9. The van der Waals surface area contributed by atoms with Crippen molar-refractivity contribution < 1.29 is 18.0 Å². The summed E-state index contributed by atoms with van der Waals surface area (Å²) in [5, 5.41) is 11.9. The van der Waals surface area contributed by atoms with E-state index in [0.29, 0.717) is 56.4 Å². The molecule has 3 heterocycles. The van der Waals surface area contributed by atoms with E-state index >= 15 is 0 Å². The lowest BCUT2D eigenvalue weighted by molar-refractivity contribution is -0.137. The quantitative estimate of drug-likeness (QED) is 0.336. The van der Waals surface area contributed by atoms with Crippen LogP contribution in [0.1, 0.15) is 21.5 Å². The molecule has 1 fully saturated rings. The van der Waals surface area contributed by atoms with E-state index in [2.05, 4.69) is 20.9 Å². The van der Waals surface area contributed by atoms with Gasteiger partial charge < -0.3 is 20.9 Å². The van der Waals surface area contributed by atoms with Crippen LogP contribution < -0.4 is 26.4 Å². The fraction of sp³-hybridized carbons (Fsp3) is 0.167. The SMILES string of the molecule is CNC1CN(C(=O)c2ccc(Nc3ncc4c(n3)=c3ccc(Cl)cc3=C(c3ccccc3C(F)(F)F)NC=4)cc2)C1. The number of fused-ring (bicyclic) bond motifs is 2. The Hall–Kier alpha value is -4.41. The number of alkyl halides is 3. The van der Waals surface area contributed by atoms with Gasteiger partial charge in [-0.3, -0.25) is 4.79 Å². The Morgan fingerprint density at radius 2 is 1.80 bits per heavy atom. The molecule has 1 aromatic heterocycles. The molecule has 2 aliphatic rings. The summed E-state index contributed by atoms with van der Waals surface area (Å²) in [6, 6.07) is 17.8. The fourth-order valence-electron chi connectivity index (χ4n) is 4.94. The third-order valence-corrected chi connectivity index (χ3v) is 7.40. The van der Waals surface area contributed by atoms with E-state index in [-0.39, 0.29) is 23.1 Å². The monoisotopic (exact) mass is 576 g/mol. The maximum Gasteiger partial charge on any atom is 0.417 e. The van der Waals surface area contributed by atoms with Crippen molar-refractivity contribution in [1.82, 2.24) is 25.5 Å². The molecule has 2 aliphatic heterocycles. The minimum Gasteiger partial charge on any atom is -0.360 e. The van der Waals surface area contributed by atoms with Crippen LogP contribution in [0.5, 0.6) is 0 Å². The van der Waals surface area contributed by atoms with E-state index < -0.39 is 11.7 Å². The van der Waals surface area contributed by atoms with Crippen molar-refractivity contribution in [1.29, 1.82) is 0 Å². The highest BCUT2D eigenvalue weighted by molar-refractivity contribution is 6.30. The molecule has 6 rings (SSSR count). The smallest absolute Gasteiger partial charge is 0.360 e. The zero-order chi connectivity index (χ0) is 28.7. The number of likely N-dealkylation sites (tertiary alicyclic amines) is 1. The Labute approximate surface area is 237 Å². The standard InChI is InChI=1S/C30H24ClF3N6O/c1-35-21-15-40(16-21)28(41)17-6-9-20(10-7-17)38-29-37-14-18-13-36-27(23-4-2-3-5-25(23)30(32,33)34)24-12-19(31)8-11-22(24)26(18)39-29/h2-14,21,35-36H,15-16H2,1H3,(H,38,39). The first-order chi connectivity index (χ1) is 19.7. The number of nitrogens with one attached hydrogen (secondary N) is 3. The zero-order valence-corrected chi connectivity index (χ0v) is 22.5. The molecule has 0 bridgehead atoms. The average Bonchev–Trinajstić information content (AvgIpc) is 3.08. The molecule has 0 saturated carbocycles. The lowest BCUT2D eigenvalue weighted by Gasteiger charge is -2.39. The summed E-state index contributed by atoms with van der Waals surface area (Å²) < 4.78 is 41.7. The van der Waals surface area contributed by atoms with Crippen LogP contribution in [-0.2, 0) is 6.18 Å². The molecule has 208 valence electrons. The Balaban J connectivity index is 1.40. The normalized spacial score (nSPS) is 14.7. The van der Waals surface area contributed by atoms with Gasteiger partial charge in [0, 0.05) is 69.0 Å². The lowest BCUT2D eigenvalue weighted by Crippen LogP contribution is -2.58. The molecular formula is C30H24ClF3N6O. The second-order valence-electron chi connectivity index (χ2n) is 9.79. The summed E-state index contributed by atoms with van der Waals surface area (Å²) in [6.07, 6.45) is -1.37. The summed E-state index contributed by atoms with van der Waals surface area (Å²) in [7, 11) is 1.88. The van der Waals surface area contributed by atoms with Gasteiger partial charge in [0.2, 0.25) is 5.95 Å². The van der Waals surface area contributed by atoms with Gasteiger partial charge in [-0.1, -0.05) is 35.9 Å². The number of aromatic nitrogens is 2. The van der Waals surface area contributed by atoms with Crippen LogP contribution in [0.4, 0.5) is 24.8 Å². The molecule has 1 amide bonds. The zero-order valence-electron chi connectivity index (χ0n) is 21.8. The first-order valence-corrected chi connectivity index (χ1v) is 13.2. The van der Waals surface area contributed by atoms with Gasteiger partial charge >= 0.3 is 6.18 Å². The summed E-state index contributed by atoms with van der Waals surface area (Å²) in [5.74, 6) is 0.262. The fourth-order valence-corrected chi connectivity index (χ4v) is 5.11. The van der Waals surface area contributed by atoms with Crippen LogP contribution in [0.15, 0.2) is 72.9 Å². The van der Waals surface area contributed by atoms with Crippen LogP contribution in [0.2, 0.25) is 5.02 Å². The van der Waals surface area contributed by atoms with Crippen LogP contribution in [0.25, 0.3) is 11.9 Å². The molecule has 11 heteroatoms. The minimum absolute atomic E-state index is 0.00628. The van der Waals surface area contributed by atoms with E-state index in [1.807, 2.05) is 7.05 Å². The molecule has 0 radical (unpaired) electrons. The third-order valence-electron chi connectivity index (χ3n) is 7.16. The van der Waals surface area contributed by atoms with E-state index in [1.165, 1.54) is 12.1 Å². The molecule has 4 aromatic rings. The van der Waals surface area contributed by atoms with Gasteiger partial charge in [-0.25, -0.2) is 9.97 Å². The molecule has 0 spiro atoms. The van der Waals surface area contributed by atoms with Crippen molar-refractivity contribution in [3.8, 4) is 0 Å². The predicted molar refractivity (Wildman–Crippen MR) is 150 cm³/mol. The molecule has 3 N–H and O–H groups in total. The maximum absolute atomic E-state index is 13.9. The number of amides is 1. The predicted octanol–water partition coefficient (Wildman–Crippen LogP) is 3.72. The van der Waals surface area contributed by atoms with Crippen LogP contribution in [-0.4, -0.2) is 47.0 Å². The highest BCUT2D eigenvalue weighted by Crippen LogP contribution is 2.34. The molecule has 1 saturated heterocycles. The number of carbonyl (C=O) groups excluding carboxylic acids is 1. The largest absolute Gasteiger partial charge is 0.417 e. The number of benzene rings is 3. The van der Waals surface area contributed by atoms with Crippen molar-refractivity contribution in [2.45, 2.75) is 12.2 Å².